The highest BCUT2D eigenvalue weighted by Gasteiger charge is 2.51. The van der Waals surface area contributed by atoms with Gasteiger partial charge >= 0.3 is 0 Å². The van der Waals surface area contributed by atoms with Gasteiger partial charge in [0.1, 0.15) is 5.60 Å². The predicted molar refractivity (Wildman–Crippen MR) is 117 cm³/mol. The molecule has 7 nitrogen and oxygen atoms in total. The first-order valence-electron chi connectivity index (χ1n) is 11.1. The molecule has 3 aliphatic rings. The van der Waals surface area contributed by atoms with Crippen molar-refractivity contribution in [3.8, 4) is 0 Å². The number of nitrogens with zero attached hydrogens (tertiary/aromatic N) is 4. The predicted octanol–water partition coefficient (Wildman–Crippen LogP) is 1.84. The molecule has 2 amide bonds. The molecular weight excluding hydrogens is 392 g/mol. The van der Waals surface area contributed by atoms with E-state index in [0.717, 1.165) is 30.9 Å². The molecule has 7 heteroatoms. The third-order valence-electron chi connectivity index (χ3n) is 6.75. The number of hydrogen-bond acceptors (Lipinski definition) is 5. The number of pyridine rings is 1. The average molecular weight is 421 g/mol. The monoisotopic (exact) mass is 420 g/mol. The molecule has 0 radical (unpaired) electrons. The van der Waals surface area contributed by atoms with E-state index in [1.54, 1.807) is 4.90 Å². The molecule has 1 saturated heterocycles. The van der Waals surface area contributed by atoms with Crippen LogP contribution in [0.15, 0.2) is 42.6 Å². The Bertz CT molecular complexity index is 1000. The zero-order valence-corrected chi connectivity index (χ0v) is 17.8. The summed E-state index contributed by atoms with van der Waals surface area (Å²) < 4.78 is 0. The summed E-state index contributed by atoms with van der Waals surface area (Å²) in [6, 6.07) is 11.8. The number of piperazine rings is 1. The van der Waals surface area contributed by atoms with Gasteiger partial charge in [-0.3, -0.25) is 14.6 Å². The van der Waals surface area contributed by atoms with Gasteiger partial charge in [-0.2, -0.15) is 0 Å². The lowest BCUT2D eigenvalue weighted by molar-refractivity contribution is -0.146. The van der Waals surface area contributed by atoms with Gasteiger partial charge in [-0.15, -0.1) is 0 Å². The molecule has 1 aliphatic carbocycles. The van der Waals surface area contributed by atoms with Crippen molar-refractivity contribution in [2.45, 2.75) is 44.4 Å². The molecule has 5 rings (SSSR count). The molecule has 2 aliphatic heterocycles. The van der Waals surface area contributed by atoms with Crippen LogP contribution in [-0.2, 0) is 17.8 Å². The summed E-state index contributed by atoms with van der Waals surface area (Å²) in [6.45, 7) is 5.09. The normalized spacial score (nSPS) is 22.1. The van der Waals surface area contributed by atoms with Crippen LogP contribution >= 0.6 is 0 Å². The number of benzene rings is 1. The summed E-state index contributed by atoms with van der Waals surface area (Å²) in [5.41, 5.74) is 3.03. The highest BCUT2D eigenvalue weighted by atomic mass is 16.3. The Morgan fingerprint density at radius 1 is 1.10 bits per heavy atom. The molecule has 0 unspecified atom stereocenters. The molecule has 162 valence electrons. The Morgan fingerprint density at radius 2 is 1.87 bits per heavy atom. The van der Waals surface area contributed by atoms with E-state index in [4.69, 9.17) is 0 Å². The minimum absolute atomic E-state index is 0.0127. The van der Waals surface area contributed by atoms with Crippen molar-refractivity contribution >= 4 is 17.5 Å². The molecule has 1 aromatic heterocycles. The van der Waals surface area contributed by atoms with Gasteiger partial charge in [-0.05, 0) is 62.1 Å². The molecule has 31 heavy (non-hydrogen) atoms. The third kappa shape index (κ3) is 3.78. The first kappa shape index (κ1) is 20.0. The summed E-state index contributed by atoms with van der Waals surface area (Å²) in [7, 11) is 0. The highest BCUT2D eigenvalue weighted by Crippen LogP contribution is 2.37. The number of hydrogen-bond donors (Lipinski definition) is 1. The number of fused-ring (bicyclic) bond motifs is 1. The number of anilines is 1. The lowest BCUT2D eigenvalue weighted by Crippen LogP contribution is -2.57. The van der Waals surface area contributed by atoms with E-state index in [2.05, 4.69) is 16.0 Å². The van der Waals surface area contributed by atoms with E-state index in [1.807, 2.05) is 48.4 Å². The first-order valence-corrected chi connectivity index (χ1v) is 11.1. The van der Waals surface area contributed by atoms with Crippen molar-refractivity contribution in [2.24, 2.45) is 0 Å². The van der Waals surface area contributed by atoms with E-state index in [1.165, 1.54) is 5.56 Å². The lowest BCUT2D eigenvalue weighted by Gasteiger charge is -2.40. The van der Waals surface area contributed by atoms with Gasteiger partial charge in [0.25, 0.3) is 11.8 Å². The molecule has 1 aromatic carbocycles. The first-order chi connectivity index (χ1) is 14.9. The van der Waals surface area contributed by atoms with Crippen LogP contribution in [0.2, 0.25) is 0 Å². The maximum absolute atomic E-state index is 13.0. The zero-order valence-electron chi connectivity index (χ0n) is 17.8. The molecule has 1 N–H and O–H groups in total. The molecule has 2 fully saturated rings. The van der Waals surface area contributed by atoms with Gasteiger partial charge < -0.3 is 19.8 Å². The average Bonchev–Trinajstić information content (AvgIpc) is 3.56. The van der Waals surface area contributed by atoms with Gasteiger partial charge in [-0.25, -0.2) is 0 Å². The van der Waals surface area contributed by atoms with Crippen molar-refractivity contribution in [1.29, 1.82) is 0 Å². The zero-order chi connectivity index (χ0) is 21.6. The molecule has 0 spiro atoms. The van der Waals surface area contributed by atoms with Crippen LogP contribution < -0.4 is 4.90 Å². The van der Waals surface area contributed by atoms with Crippen LogP contribution in [-0.4, -0.2) is 69.5 Å². The van der Waals surface area contributed by atoms with Crippen LogP contribution in [0.1, 0.15) is 41.4 Å². The number of aromatic nitrogens is 1. The smallest absolute Gasteiger partial charge is 0.254 e. The fraction of sp³-hybridized carbons (Fsp3) is 0.458. The number of aliphatic hydroxyl groups is 1. The quantitative estimate of drug-likeness (QED) is 0.820. The highest BCUT2D eigenvalue weighted by molar-refractivity contribution is 5.95. The molecule has 1 atom stereocenters. The second kappa shape index (κ2) is 7.64. The van der Waals surface area contributed by atoms with Crippen molar-refractivity contribution in [2.75, 3.05) is 31.1 Å². The summed E-state index contributed by atoms with van der Waals surface area (Å²) in [4.78, 5) is 35.8. The summed E-state index contributed by atoms with van der Waals surface area (Å²) in [6.07, 6.45) is 3.90. The number of carbonyl (C=O) groups excluding carboxylic acids is 2. The molecular formula is C24H28N4O3. The maximum Gasteiger partial charge on any atom is 0.254 e. The standard InChI is InChI=1S/C24H28N4O3/c1-17-15-27(13-14-28(17)23(30)24(31)9-10-24)22(29)19-4-6-20(7-5-19)26-12-8-18-3-2-11-25-21(18)16-26/h2-7,11,17,31H,8-10,12-16H2,1H3/t17-/m0/s1. The number of amides is 2. The van der Waals surface area contributed by atoms with Crippen LogP contribution in [0.25, 0.3) is 0 Å². The number of rotatable bonds is 3. The van der Waals surface area contributed by atoms with Crippen molar-refractivity contribution < 1.29 is 14.7 Å². The van der Waals surface area contributed by atoms with Gasteiger partial charge in [0.2, 0.25) is 0 Å². The van der Waals surface area contributed by atoms with Crippen molar-refractivity contribution in [1.82, 2.24) is 14.8 Å². The SMILES string of the molecule is C[C@H]1CN(C(=O)c2ccc(N3CCc4cccnc4C3)cc2)CCN1C(=O)C1(O)CC1. The molecule has 1 saturated carbocycles. The van der Waals surface area contributed by atoms with Gasteiger partial charge in [0, 0.05) is 49.7 Å². The van der Waals surface area contributed by atoms with Crippen LogP contribution in [0, 0.1) is 0 Å². The fourth-order valence-corrected chi connectivity index (χ4v) is 4.62. The lowest BCUT2D eigenvalue weighted by atomic mass is 10.0. The molecule has 2 aromatic rings. The van der Waals surface area contributed by atoms with E-state index in [9.17, 15) is 14.7 Å². The van der Waals surface area contributed by atoms with Crippen LogP contribution in [0.5, 0.6) is 0 Å². The van der Waals surface area contributed by atoms with E-state index >= 15 is 0 Å². The van der Waals surface area contributed by atoms with E-state index in [-0.39, 0.29) is 17.9 Å². The summed E-state index contributed by atoms with van der Waals surface area (Å²) in [5.74, 6) is -0.199. The number of carbonyl (C=O) groups is 2. The Morgan fingerprint density at radius 3 is 2.58 bits per heavy atom. The summed E-state index contributed by atoms with van der Waals surface area (Å²) >= 11 is 0. The molecule has 3 heterocycles. The largest absolute Gasteiger partial charge is 0.380 e. The van der Waals surface area contributed by atoms with Gasteiger partial charge in [0.05, 0.1) is 12.2 Å². The Kier molecular flexibility index (Phi) is 4.93. The Hall–Kier alpha value is -2.93. The summed E-state index contributed by atoms with van der Waals surface area (Å²) in [5, 5.41) is 10.1. The third-order valence-corrected chi connectivity index (χ3v) is 6.75. The van der Waals surface area contributed by atoms with Crippen LogP contribution in [0.4, 0.5) is 5.69 Å². The fourth-order valence-electron chi connectivity index (χ4n) is 4.62. The Labute approximate surface area is 182 Å². The van der Waals surface area contributed by atoms with E-state index in [0.29, 0.717) is 38.0 Å². The minimum atomic E-state index is -1.15. The second-order valence-electron chi connectivity index (χ2n) is 8.96. The van der Waals surface area contributed by atoms with Crippen molar-refractivity contribution in [3.63, 3.8) is 0 Å². The second-order valence-corrected chi connectivity index (χ2v) is 8.96. The van der Waals surface area contributed by atoms with Crippen molar-refractivity contribution in [3.05, 3.63) is 59.4 Å². The minimum Gasteiger partial charge on any atom is -0.380 e. The Balaban J connectivity index is 1.22. The topological polar surface area (TPSA) is 77.0 Å². The van der Waals surface area contributed by atoms with Gasteiger partial charge in [0.15, 0.2) is 0 Å². The van der Waals surface area contributed by atoms with E-state index < -0.39 is 5.60 Å². The van der Waals surface area contributed by atoms with Gasteiger partial charge in [-0.1, -0.05) is 6.07 Å². The molecule has 0 bridgehead atoms. The maximum atomic E-state index is 13.0. The van der Waals surface area contributed by atoms with Crippen LogP contribution in [0.3, 0.4) is 0 Å².